The molecule has 1 aromatic rings. The highest BCUT2D eigenvalue weighted by molar-refractivity contribution is 5.85. The van der Waals surface area contributed by atoms with E-state index in [0.717, 1.165) is 6.08 Å². The van der Waals surface area contributed by atoms with Crippen molar-refractivity contribution in [2.45, 2.75) is 6.92 Å². The van der Waals surface area contributed by atoms with Crippen molar-refractivity contribution in [3.63, 3.8) is 0 Å². The van der Waals surface area contributed by atoms with E-state index in [4.69, 9.17) is 5.11 Å². The summed E-state index contributed by atoms with van der Waals surface area (Å²) in [6.45, 7) is 0.805. The molecule has 1 aromatic carbocycles. The molecule has 0 bridgehead atoms. The zero-order chi connectivity index (χ0) is 14.7. The van der Waals surface area contributed by atoms with E-state index in [9.17, 15) is 26.7 Å². The first kappa shape index (κ1) is 14.9. The quantitative estimate of drug-likeness (QED) is 0.386. The van der Waals surface area contributed by atoms with Crippen LogP contribution in [0.5, 0.6) is 0 Å². The smallest absolute Gasteiger partial charge is 0.331 e. The van der Waals surface area contributed by atoms with Crippen LogP contribution >= 0.6 is 0 Å². The number of nitrogens with one attached hydrogen (secondary N) is 1. The van der Waals surface area contributed by atoms with Crippen molar-refractivity contribution in [3.05, 3.63) is 40.7 Å². The number of hydrogen-bond acceptors (Lipinski definition) is 2. The van der Waals surface area contributed by atoms with E-state index in [2.05, 4.69) is 0 Å². The molecule has 0 radical (unpaired) electrons. The van der Waals surface area contributed by atoms with Crippen molar-refractivity contribution in [1.29, 1.82) is 0 Å². The van der Waals surface area contributed by atoms with Gasteiger partial charge in [-0.1, -0.05) is 6.08 Å². The van der Waals surface area contributed by atoms with Crippen molar-refractivity contribution in [1.82, 2.24) is 0 Å². The van der Waals surface area contributed by atoms with Gasteiger partial charge in [-0.15, -0.1) is 0 Å². The first-order chi connectivity index (χ1) is 8.77. The minimum atomic E-state index is -2.25. The van der Waals surface area contributed by atoms with E-state index in [0.29, 0.717) is 0 Å². The first-order valence-corrected chi connectivity index (χ1v) is 4.92. The van der Waals surface area contributed by atoms with Crippen LogP contribution in [0.3, 0.4) is 0 Å². The maximum atomic E-state index is 13.2. The van der Waals surface area contributed by atoms with E-state index in [1.807, 2.05) is 5.32 Å². The molecule has 8 heteroatoms. The minimum Gasteiger partial charge on any atom is -0.478 e. The van der Waals surface area contributed by atoms with Gasteiger partial charge in [-0.25, -0.2) is 26.7 Å². The molecule has 2 N–H and O–H groups in total. The summed E-state index contributed by atoms with van der Waals surface area (Å²) in [7, 11) is 0. The van der Waals surface area contributed by atoms with E-state index >= 15 is 0 Å². The number of carbonyl (C=O) groups is 1. The minimum absolute atomic E-state index is 0.142. The largest absolute Gasteiger partial charge is 0.478 e. The number of aliphatic carboxylic acids is 1. The molecule has 0 saturated heterocycles. The molecule has 104 valence electrons. The van der Waals surface area contributed by atoms with Crippen LogP contribution in [-0.2, 0) is 4.79 Å². The Balaban J connectivity index is 3.03. The summed E-state index contributed by atoms with van der Waals surface area (Å²) in [6.07, 6.45) is 1.03. The summed E-state index contributed by atoms with van der Waals surface area (Å²) in [4.78, 5) is 10.4. The summed E-state index contributed by atoms with van der Waals surface area (Å²) in [6, 6.07) is 0. The number of halogens is 5. The lowest BCUT2D eigenvalue weighted by Crippen LogP contribution is -2.10. The van der Waals surface area contributed by atoms with Crippen LogP contribution in [0.25, 0.3) is 0 Å². The average Bonchev–Trinajstić information content (AvgIpc) is 2.37. The van der Waals surface area contributed by atoms with Gasteiger partial charge in [-0.05, 0) is 6.92 Å². The number of anilines is 1. The SMILES string of the molecule is CC(=CCNc1c(F)c(F)c(F)c(F)c1F)C(=O)O. The van der Waals surface area contributed by atoms with E-state index < -0.39 is 47.3 Å². The molecule has 0 spiro atoms. The molecule has 0 fully saturated rings. The molecule has 0 aromatic heterocycles. The van der Waals surface area contributed by atoms with Crippen molar-refractivity contribution in [2.75, 3.05) is 11.9 Å². The van der Waals surface area contributed by atoms with Crippen molar-refractivity contribution >= 4 is 11.7 Å². The van der Waals surface area contributed by atoms with E-state index in [-0.39, 0.29) is 5.57 Å². The fraction of sp³-hybridized carbons (Fsp3) is 0.182. The van der Waals surface area contributed by atoms with Gasteiger partial charge in [0.2, 0.25) is 5.82 Å². The molecule has 3 nitrogen and oxygen atoms in total. The van der Waals surface area contributed by atoms with Crippen LogP contribution in [0.2, 0.25) is 0 Å². The Bertz CT molecular complexity index is 528. The molecule has 0 aliphatic rings. The van der Waals surface area contributed by atoms with Crippen LogP contribution in [0, 0.1) is 29.1 Å². The molecular weight excluding hydrogens is 273 g/mol. The van der Waals surface area contributed by atoms with Gasteiger partial charge in [0.25, 0.3) is 0 Å². The topological polar surface area (TPSA) is 49.3 Å². The van der Waals surface area contributed by atoms with Crippen LogP contribution in [0.1, 0.15) is 6.92 Å². The number of hydrogen-bond donors (Lipinski definition) is 2. The second kappa shape index (κ2) is 5.68. The standard InChI is InChI=1S/C11H8F5NO2/c1-4(11(18)19)2-3-17-10-8(15)6(13)5(12)7(14)9(10)16/h2,17H,3H2,1H3,(H,18,19). The lowest BCUT2D eigenvalue weighted by Gasteiger charge is -2.09. The molecule has 0 saturated carbocycles. The van der Waals surface area contributed by atoms with Crippen LogP contribution in [0.4, 0.5) is 27.6 Å². The second-order valence-electron chi connectivity index (χ2n) is 3.52. The van der Waals surface area contributed by atoms with Gasteiger partial charge in [0.1, 0.15) is 5.69 Å². The molecular formula is C11H8F5NO2. The molecule has 19 heavy (non-hydrogen) atoms. The molecule has 0 amide bonds. The third-order valence-corrected chi connectivity index (χ3v) is 2.23. The molecule has 1 rings (SSSR count). The Morgan fingerprint density at radius 2 is 1.47 bits per heavy atom. The predicted molar refractivity (Wildman–Crippen MR) is 56.1 cm³/mol. The van der Waals surface area contributed by atoms with Crippen LogP contribution < -0.4 is 5.32 Å². The monoisotopic (exact) mass is 281 g/mol. The van der Waals surface area contributed by atoms with Crippen LogP contribution in [-0.4, -0.2) is 17.6 Å². The van der Waals surface area contributed by atoms with Crippen molar-refractivity contribution in [2.24, 2.45) is 0 Å². The number of benzene rings is 1. The normalized spacial score (nSPS) is 11.6. The molecule has 0 heterocycles. The highest BCUT2D eigenvalue weighted by Gasteiger charge is 2.25. The third-order valence-electron chi connectivity index (χ3n) is 2.23. The fourth-order valence-corrected chi connectivity index (χ4v) is 1.15. The Hall–Kier alpha value is -2.12. The van der Waals surface area contributed by atoms with Gasteiger partial charge in [0.05, 0.1) is 0 Å². The number of rotatable bonds is 4. The molecule has 0 aliphatic carbocycles. The third kappa shape index (κ3) is 3.01. The maximum Gasteiger partial charge on any atom is 0.331 e. The number of carboxylic acids is 1. The summed E-state index contributed by atoms with van der Waals surface area (Å²) < 4.78 is 64.7. The Kier molecular flexibility index (Phi) is 4.47. The summed E-state index contributed by atoms with van der Waals surface area (Å²) in [5.41, 5.74) is -1.35. The Labute approximate surface area is 104 Å². The van der Waals surface area contributed by atoms with Crippen LogP contribution in [0.15, 0.2) is 11.6 Å². The van der Waals surface area contributed by atoms with Gasteiger partial charge >= 0.3 is 5.97 Å². The van der Waals surface area contributed by atoms with Crippen molar-refractivity contribution in [3.8, 4) is 0 Å². The Morgan fingerprint density at radius 3 is 1.89 bits per heavy atom. The van der Waals surface area contributed by atoms with Gasteiger partial charge in [0, 0.05) is 12.1 Å². The highest BCUT2D eigenvalue weighted by Crippen LogP contribution is 2.26. The summed E-state index contributed by atoms with van der Waals surface area (Å²) >= 11 is 0. The average molecular weight is 281 g/mol. The van der Waals surface area contributed by atoms with E-state index in [1.54, 1.807) is 0 Å². The Morgan fingerprint density at radius 1 is 1.05 bits per heavy atom. The predicted octanol–water partition coefficient (Wildman–Crippen LogP) is 2.82. The number of carboxylic acid groups (broad SMARTS) is 1. The molecule has 0 aliphatic heterocycles. The second-order valence-corrected chi connectivity index (χ2v) is 3.52. The van der Waals surface area contributed by atoms with Gasteiger partial charge in [0.15, 0.2) is 23.3 Å². The lowest BCUT2D eigenvalue weighted by atomic mass is 10.2. The van der Waals surface area contributed by atoms with E-state index in [1.165, 1.54) is 6.92 Å². The fourth-order valence-electron chi connectivity index (χ4n) is 1.15. The zero-order valence-electron chi connectivity index (χ0n) is 9.53. The lowest BCUT2D eigenvalue weighted by molar-refractivity contribution is -0.132. The molecule has 0 atom stereocenters. The van der Waals surface area contributed by atoms with Gasteiger partial charge in [-0.2, -0.15) is 0 Å². The molecule has 0 unspecified atom stereocenters. The highest BCUT2D eigenvalue weighted by atomic mass is 19.2. The zero-order valence-corrected chi connectivity index (χ0v) is 9.53. The van der Waals surface area contributed by atoms with Gasteiger partial charge < -0.3 is 10.4 Å². The van der Waals surface area contributed by atoms with Crippen molar-refractivity contribution < 1.29 is 31.9 Å². The first-order valence-electron chi connectivity index (χ1n) is 4.92. The summed E-state index contributed by atoms with van der Waals surface area (Å²) in [5.74, 6) is -11.7. The van der Waals surface area contributed by atoms with Gasteiger partial charge in [-0.3, -0.25) is 0 Å². The summed E-state index contributed by atoms with van der Waals surface area (Å²) in [5, 5.41) is 10.4. The maximum absolute atomic E-state index is 13.2.